The zero-order chi connectivity index (χ0) is 22.3. The van der Waals surface area contributed by atoms with E-state index >= 15 is 0 Å². The second-order valence-electron chi connectivity index (χ2n) is 8.96. The van der Waals surface area contributed by atoms with Crippen LogP contribution in [0.2, 0.25) is 0 Å². The van der Waals surface area contributed by atoms with Gasteiger partial charge < -0.3 is 28.4 Å². The van der Waals surface area contributed by atoms with Gasteiger partial charge in [0.2, 0.25) is 0 Å². The van der Waals surface area contributed by atoms with Crippen LogP contribution in [0.25, 0.3) is 11.1 Å². The second-order valence-corrected chi connectivity index (χ2v) is 8.96. The third-order valence-electron chi connectivity index (χ3n) is 6.61. The van der Waals surface area contributed by atoms with Crippen molar-refractivity contribution in [1.29, 1.82) is 0 Å². The molecule has 2 saturated heterocycles. The number of hydrogen-bond donors (Lipinski definition) is 0. The van der Waals surface area contributed by atoms with E-state index in [1.54, 1.807) is 0 Å². The van der Waals surface area contributed by atoms with Crippen molar-refractivity contribution in [3.05, 3.63) is 48.5 Å². The van der Waals surface area contributed by atoms with Gasteiger partial charge in [-0.3, -0.25) is 0 Å². The minimum Gasteiger partial charge on any atom is -0.468 e. The fourth-order valence-electron chi connectivity index (χ4n) is 3.78. The third kappa shape index (κ3) is 5.62. The van der Waals surface area contributed by atoms with Crippen LogP contribution in [0.15, 0.2) is 48.5 Å². The van der Waals surface area contributed by atoms with E-state index in [-0.39, 0.29) is 24.4 Å². The molecule has 2 heterocycles. The summed E-state index contributed by atoms with van der Waals surface area (Å²) in [5.74, 6) is 1.59. The minimum absolute atomic E-state index is 0.179. The maximum atomic E-state index is 5.72. The van der Waals surface area contributed by atoms with Crippen LogP contribution in [0.4, 0.5) is 0 Å². The zero-order valence-corrected chi connectivity index (χ0v) is 19.1. The first-order valence-electron chi connectivity index (χ1n) is 11.4. The first-order valence-corrected chi connectivity index (χ1v) is 11.4. The molecule has 0 aliphatic carbocycles. The molecule has 2 aromatic carbocycles. The fraction of sp³-hybridized carbons (Fsp3) is 0.538. The molecule has 6 heteroatoms. The van der Waals surface area contributed by atoms with Crippen LogP contribution in [0.3, 0.4) is 0 Å². The van der Waals surface area contributed by atoms with Crippen molar-refractivity contribution in [3.8, 4) is 22.6 Å². The molecule has 174 valence electrons. The Kier molecular flexibility index (Phi) is 7.68. The van der Waals surface area contributed by atoms with E-state index in [0.29, 0.717) is 13.2 Å². The van der Waals surface area contributed by atoms with Gasteiger partial charge in [-0.25, -0.2) is 0 Å². The van der Waals surface area contributed by atoms with E-state index in [9.17, 15) is 0 Å². The summed E-state index contributed by atoms with van der Waals surface area (Å²) in [7, 11) is 0. The Bertz CT molecular complexity index is 742. The minimum atomic E-state index is 0.179. The van der Waals surface area contributed by atoms with Gasteiger partial charge in [-0.05, 0) is 48.2 Å². The average molecular weight is 443 g/mol. The molecule has 2 aromatic rings. The lowest BCUT2D eigenvalue weighted by atomic mass is 9.84. The van der Waals surface area contributed by atoms with E-state index in [1.165, 1.54) is 0 Å². The van der Waals surface area contributed by atoms with Crippen molar-refractivity contribution in [2.45, 2.75) is 26.7 Å². The quantitative estimate of drug-likeness (QED) is 0.324. The standard InChI is InChI=1S/C26H34O6/c1-3-25(13-27-14-25)17-29-19-31-23-9-5-21(6-10-23)22-7-11-24(12-8-22)32-20-30-18-26(4-2)15-28-16-26/h5-12H,3-4,13-20H2,1-2H3. The maximum Gasteiger partial charge on any atom is 0.189 e. The van der Waals surface area contributed by atoms with Crippen molar-refractivity contribution < 1.29 is 28.4 Å². The molecule has 0 unspecified atom stereocenters. The topological polar surface area (TPSA) is 55.4 Å². The zero-order valence-electron chi connectivity index (χ0n) is 19.1. The Morgan fingerprint density at radius 3 is 1.28 bits per heavy atom. The van der Waals surface area contributed by atoms with Gasteiger partial charge in [-0.2, -0.15) is 0 Å². The molecule has 0 N–H and O–H groups in total. The highest BCUT2D eigenvalue weighted by Crippen LogP contribution is 2.32. The fourth-order valence-corrected chi connectivity index (χ4v) is 3.78. The normalized spacial score (nSPS) is 18.4. The molecule has 2 aliphatic rings. The third-order valence-corrected chi connectivity index (χ3v) is 6.61. The van der Waals surface area contributed by atoms with Crippen LogP contribution in [0.5, 0.6) is 11.5 Å². The van der Waals surface area contributed by atoms with E-state index in [0.717, 1.165) is 61.9 Å². The largest absolute Gasteiger partial charge is 0.468 e. The lowest BCUT2D eigenvalue weighted by Crippen LogP contribution is -2.45. The van der Waals surface area contributed by atoms with Crippen LogP contribution in [0, 0.1) is 10.8 Å². The molecule has 2 aliphatic heterocycles. The maximum absolute atomic E-state index is 5.72. The second kappa shape index (κ2) is 10.7. The van der Waals surface area contributed by atoms with Crippen LogP contribution in [-0.2, 0) is 18.9 Å². The van der Waals surface area contributed by atoms with Gasteiger partial charge in [0.15, 0.2) is 13.6 Å². The molecular weight excluding hydrogens is 408 g/mol. The van der Waals surface area contributed by atoms with Crippen LogP contribution >= 0.6 is 0 Å². The van der Waals surface area contributed by atoms with Gasteiger partial charge in [0, 0.05) is 10.8 Å². The summed E-state index contributed by atoms with van der Waals surface area (Å²) in [6.45, 7) is 9.33. The van der Waals surface area contributed by atoms with Crippen LogP contribution < -0.4 is 9.47 Å². The Hall–Kier alpha value is -2.12. The van der Waals surface area contributed by atoms with E-state index in [1.807, 2.05) is 48.5 Å². The molecule has 0 amide bonds. The Labute approximate surface area is 190 Å². The monoisotopic (exact) mass is 442 g/mol. The molecule has 4 rings (SSSR count). The highest BCUT2D eigenvalue weighted by Gasteiger charge is 2.37. The van der Waals surface area contributed by atoms with Crippen LogP contribution in [-0.4, -0.2) is 53.2 Å². The summed E-state index contributed by atoms with van der Waals surface area (Å²) < 4.78 is 33.5. The molecule has 0 aromatic heterocycles. The molecule has 0 saturated carbocycles. The summed E-state index contributed by atoms with van der Waals surface area (Å²) >= 11 is 0. The molecule has 0 bridgehead atoms. The van der Waals surface area contributed by atoms with Gasteiger partial charge in [-0.15, -0.1) is 0 Å². The molecule has 0 radical (unpaired) electrons. The Morgan fingerprint density at radius 1 is 0.625 bits per heavy atom. The van der Waals surface area contributed by atoms with Crippen LogP contribution in [0.1, 0.15) is 26.7 Å². The van der Waals surface area contributed by atoms with E-state index in [4.69, 9.17) is 28.4 Å². The number of benzene rings is 2. The molecule has 2 fully saturated rings. The first kappa shape index (κ1) is 23.1. The molecule has 32 heavy (non-hydrogen) atoms. The van der Waals surface area contributed by atoms with Crippen molar-refractivity contribution in [2.75, 3.05) is 53.2 Å². The molecule has 6 nitrogen and oxygen atoms in total. The van der Waals surface area contributed by atoms with Crippen molar-refractivity contribution >= 4 is 0 Å². The molecule has 0 spiro atoms. The van der Waals surface area contributed by atoms with E-state index in [2.05, 4.69) is 13.8 Å². The predicted octanol–water partition coefficient (Wildman–Crippen LogP) is 4.91. The van der Waals surface area contributed by atoms with Gasteiger partial charge in [0.1, 0.15) is 11.5 Å². The lowest BCUT2D eigenvalue weighted by Gasteiger charge is -2.40. The van der Waals surface area contributed by atoms with Gasteiger partial charge in [0.05, 0.1) is 39.6 Å². The van der Waals surface area contributed by atoms with Gasteiger partial charge >= 0.3 is 0 Å². The summed E-state index contributed by atoms with van der Waals surface area (Å²) in [6.07, 6.45) is 2.13. The summed E-state index contributed by atoms with van der Waals surface area (Å²) in [5.41, 5.74) is 2.59. The molecular formula is C26H34O6. The van der Waals surface area contributed by atoms with Gasteiger partial charge in [0.25, 0.3) is 0 Å². The smallest absolute Gasteiger partial charge is 0.189 e. The average Bonchev–Trinajstić information content (AvgIpc) is 2.78. The SMILES string of the molecule is CCC1(COCOc2ccc(-c3ccc(OCOCC4(CC)COC4)cc3)cc2)COC1. The number of ether oxygens (including phenoxy) is 6. The first-order chi connectivity index (χ1) is 15.7. The van der Waals surface area contributed by atoms with Crippen molar-refractivity contribution in [2.24, 2.45) is 10.8 Å². The number of rotatable bonds is 13. The Morgan fingerprint density at radius 2 is 1.00 bits per heavy atom. The highest BCUT2D eigenvalue weighted by atomic mass is 16.7. The predicted molar refractivity (Wildman–Crippen MR) is 122 cm³/mol. The summed E-state index contributed by atoms with van der Waals surface area (Å²) in [5, 5.41) is 0. The highest BCUT2D eigenvalue weighted by molar-refractivity contribution is 5.64. The summed E-state index contributed by atoms with van der Waals surface area (Å²) in [6, 6.07) is 16.1. The summed E-state index contributed by atoms with van der Waals surface area (Å²) in [4.78, 5) is 0. The Balaban J connectivity index is 1.18. The number of hydrogen-bond acceptors (Lipinski definition) is 6. The van der Waals surface area contributed by atoms with E-state index < -0.39 is 0 Å². The van der Waals surface area contributed by atoms with Crippen molar-refractivity contribution in [3.63, 3.8) is 0 Å². The molecule has 0 atom stereocenters. The van der Waals surface area contributed by atoms with Crippen molar-refractivity contribution in [1.82, 2.24) is 0 Å². The van der Waals surface area contributed by atoms with Gasteiger partial charge in [-0.1, -0.05) is 38.1 Å². The lowest BCUT2D eigenvalue weighted by molar-refractivity contribution is -0.162.